The predicted molar refractivity (Wildman–Crippen MR) is 75.0 cm³/mol. The highest BCUT2D eigenvalue weighted by molar-refractivity contribution is 6.30. The lowest BCUT2D eigenvalue weighted by Crippen LogP contribution is -2.17. The number of carboxylic acids is 1. The van der Waals surface area contributed by atoms with E-state index in [2.05, 4.69) is 4.98 Å². The van der Waals surface area contributed by atoms with Crippen LogP contribution in [0.4, 0.5) is 0 Å². The van der Waals surface area contributed by atoms with Crippen molar-refractivity contribution in [3.05, 3.63) is 34.2 Å². The fourth-order valence-electron chi connectivity index (χ4n) is 2.23. The molecule has 0 aromatic carbocycles. The van der Waals surface area contributed by atoms with Crippen molar-refractivity contribution in [3.8, 4) is 0 Å². The summed E-state index contributed by atoms with van der Waals surface area (Å²) in [4.78, 5) is 15.7. The van der Waals surface area contributed by atoms with Crippen LogP contribution in [0.25, 0.3) is 5.65 Å². The maximum atomic E-state index is 11.1. The van der Waals surface area contributed by atoms with Crippen LogP contribution in [0.1, 0.15) is 37.7 Å². The van der Waals surface area contributed by atoms with Gasteiger partial charge in [-0.3, -0.25) is 4.79 Å². The van der Waals surface area contributed by atoms with Crippen LogP contribution in [0, 0.1) is 6.92 Å². The molecule has 2 heterocycles. The lowest BCUT2D eigenvalue weighted by Gasteiger charge is -2.17. The van der Waals surface area contributed by atoms with Gasteiger partial charge in [0.25, 0.3) is 0 Å². The Morgan fingerprint density at radius 2 is 2.11 bits per heavy atom. The molecule has 102 valence electrons. The second kappa shape index (κ2) is 4.53. The van der Waals surface area contributed by atoms with E-state index in [-0.39, 0.29) is 11.8 Å². The number of aryl methyl sites for hydroxylation is 1. The molecule has 0 aliphatic rings. The number of aliphatic carboxylic acids is 1. The van der Waals surface area contributed by atoms with Gasteiger partial charge < -0.3 is 9.51 Å². The number of carboxylic acid groups (broad SMARTS) is 1. The minimum absolute atomic E-state index is 0.0620. The van der Waals surface area contributed by atoms with Gasteiger partial charge in [0.05, 0.1) is 22.8 Å². The number of fused-ring (bicyclic) bond motifs is 1. The Hall–Kier alpha value is -1.55. The number of carbonyl (C=O) groups is 1. The lowest BCUT2D eigenvalue weighted by atomic mass is 9.90. The molecule has 19 heavy (non-hydrogen) atoms. The van der Waals surface area contributed by atoms with Gasteiger partial charge in [-0.1, -0.05) is 32.4 Å². The molecule has 2 aromatic rings. The number of hydrogen-bond acceptors (Lipinski definition) is 2. The SMILES string of the molecule is Cc1cc(Cl)cn2c(CC(=O)O)c(C(C)(C)C)nc12. The molecule has 0 spiro atoms. The van der Waals surface area contributed by atoms with Crippen molar-refractivity contribution in [2.45, 2.75) is 39.5 Å². The Bertz CT molecular complexity index is 653. The number of halogens is 1. The van der Waals surface area contributed by atoms with Crippen LogP contribution in [0.15, 0.2) is 12.3 Å². The summed E-state index contributed by atoms with van der Waals surface area (Å²) in [6, 6.07) is 1.83. The van der Waals surface area contributed by atoms with E-state index >= 15 is 0 Å². The first-order valence-electron chi connectivity index (χ1n) is 6.09. The zero-order valence-corrected chi connectivity index (χ0v) is 12.2. The highest BCUT2D eigenvalue weighted by Crippen LogP contribution is 2.29. The molecular weight excluding hydrogens is 264 g/mol. The Labute approximate surface area is 117 Å². The minimum Gasteiger partial charge on any atom is -0.481 e. The van der Waals surface area contributed by atoms with E-state index in [1.54, 1.807) is 10.6 Å². The molecule has 0 aliphatic heterocycles. The summed E-state index contributed by atoms with van der Waals surface area (Å²) >= 11 is 6.06. The first-order valence-corrected chi connectivity index (χ1v) is 6.47. The molecule has 4 nitrogen and oxygen atoms in total. The number of imidazole rings is 1. The van der Waals surface area contributed by atoms with Crippen LogP contribution in [-0.4, -0.2) is 20.5 Å². The minimum atomic E-state index is -0.870. The van der Waals surface area contributed by atoms with Crippen LogP contribution >= 0.6 is 11.6 Å². The summed E-state index contributed by atoms with van der Waals surface area (Å²) in [6.45, 7) is 8.00. The van der Waals surface area contributed by atoms with Gasteiger partial charge in [0.15, 0.2) is 0 Å². The van der Waals surface area contributed by atoms with Gasteiger partial charge in [0.1, 0.15) is 5.65 Å². The zero-order valence-electron chi connectivity index (χ0n) is 11.5. The summed E-state index contributed by atoms with van der Waals surface area (Å²) < 4.78 is 1.80. The zero-order chi connectivity index (χ0) is 14.4. The van der Waals surface area contributed by atoms with Crippen molar-refractivity contribution in [1.29, 1.82) is 0 Å². The van der Waals surface area contributed by atoms with E-state index in [0.29, 0.717) is 10.7 Å². The van der Waals surface area contributed by atoms with Crippen molar-refractivity contribution >= 4 is 23.2 Å². The normalized spacial score (nSPS) is 12.1. The molecule has 0 amide bonds. The standard InChI is InChI=1S/C14H17ClN2O2/c1-8-5-9(15)7-17-10(6-11(18)19)12(14(2,3)4)16-13(8)17/h5,7H,6H2,1-4H3,(H,18,19). The number of nitrogens with zero attached hydrogens (tertiary/aromatic N) is 2. The van der Waals surface area contributed by atoms with E-state index in [1.807, 2.05) is 33.8 Å². The quantitative estimate of drug-likeness (QED) is 0.919. The summed E-state index contributed by atoms with van der Waals surface area (Å²) in [5.41, 5.74) is 3.00. The van der Waals surface area contributed by atoms with E-state index < -0.39 is 5.97 Å². The Kier molecular flexibility index (Phi) is 3.31. The fourth-order valence-corrected chi connectivity index (χ4v) is 2.49. The van der Waals surface area contributed by atoms with Crippen LogP contribution < -0.4 is 0 Å². The smallest absolute Gasteiger partial charge is 0.309 e. The van der Waals surface area contributed by atoms with Crippen LogP contribution in [-0.2, 0) is 16.6 Å². The number of pyridine rings is 1. The van der Waals surface area contributed by atoms with Crippen LogP contribution in [0.2, 0.25) is 5.02 Å². The van der Waals surface area contributed by atoms with Crippen LogP contribution in [0.5, 0.6) is 0 Å². The molecular formula is C14H17ClN2O2. The molecule has 0 saturated heterocycles. The largest absolute Gasteiger partial charge is 0.481 e. The van der Waals surface area contributed by atoms with Crippen molar-refractivity contribution in [2.75, 3.05) is 0 Å². The monoisotopic (exact) mass is 280 g/mol. The summed E-state index contributed by atoms with van der Waals surface area (Å²) in [7, 11) is 0. The second-order valence-corrected chi connectivity index (χ2v) is 6.20. The second-order valence-electron chi connectivity index (χ2n) is 5.76. The topological polar surface area (TPSA) is 54.6 Å². The third-order valence-electron chi connectivity index (χ3n) is 3.00. The molecule has 0 aliphatic carbocycles. The third-order valence-corrected chi connectivity index (χ3v) is 3.21. The first-order chi connectivity index (χ1) is 8.70. The lowest BCUT2D eigenvalue weighted by molar-refractivity contribution is -0.136. The predicted octanol–water partition coefficient (Wildman–Crippen LogP) is 3.22. The molecule has 2 rings (SSSR count). The molecule has 1 N–H and O–H groups in total. The maximum absolute atomic E-state index is 11.1. The Morgan fingerprint density at radius 1 is 1.47 bits per heavy atom. The van der Waals surface area contributed by atoms with Gasteiger partial charge in [0.2, 0.25) is 0 Å². The molecule has 0 radical (unpaired) electrons. The van der Waals surface area contributed by atoms with E-state index in [1.165, 1.54) is 0 Å². The molecule has 0 bridgehead atoms. The summed E-state index contributed by atoms with van der Waals surface area (Å²) in [6.07, 6.45) is 1.66. The fraction of sp³-hybridized carbons (Fsp3) is 0.429. The van der Waals surface area contributed by atoms with E-state index in [0.717, 1.165) is 16.9 Å². The highest BCUT2D eigenvalue weighted by Gasteiger charge is 2.25. The Balaban J connectivity index is 2.81. The highest BCUT2D eigenvalue weighted by atomic mass is 35.5. The molecule has 0 saturated carbocycles. The van der Waals surface area contributed by atoms with Gasteiger partial charge in [-0.15, -0.1) is 0 Å². The van der Waals surface area contributed by atoms with Crippen molar-refractivity contribution in [2.24, 2.45) is 0 Å². The van der Waals surface area contributed by atoms with Crippen molar-refractivity contribution in [1.82, 2.24) is 9.38 Å². The van der Waals surface area contributed by atoms with Crippen molar-refractivity contribution < 1.29 is 9.90 Å². The van der Waals surface area contributed by atoms with Gasteiger partial charge >= 0.3 is 5.97 Å². The number of hydrogen-bond donors (Lipinski definition) is 1. The first kappa shape index (κ1) is 13.9. The molecule has 0 atom stereocenters. The number of rotatable bonds is 2. The summed E-state index contributed by atoms with van der Waals surface area (Å²) in [5, 5.41) is 9.68. The van der Waals surface area contributed by atoms with Gasteiger partial charge in [-0.05, 0) is 18.6 Å². The third kappa shape index (κ3) is 2.59. The maximum Gasteiger partial charge on any atom is 0.309 e. The average Bonchev–Trinajstić information content (AvgIpc) is 2.56. The molecule has 2 aromatic heterocycles. The molecule has 0 unspecified atom stereocenters. The van der Waals surface area contributed by atoms with Gasteiger partial charge in [0, 0.05) is 11.6 Å². The number of aromatic nitrogens is 2. The Morgan fingerprint density at radius 3 is 2.63 bits per heavy atom. The average molecular weight is 281 g/mol. The van der Waals surface area contributed by atoms with Crippen LogP contribution in [0.3, 0.4) is 0 Å². The van der Waals surface area contributed by atoms with Gasteiger partial charge in [-0.25, -0.2) is 4.98 Å². The van der Waals surface area contributed by atoms with Crippen molar-refractivity contribution in [3.63, 3.8) is 0 Å². The summed E-state index contributed by atoms with van der Waals surface area (Å²) in [5.74, 6) is -0.870. The van der Waals surface area contributed by atoms with E-state index in [4.69, 9.17) is 16.7 Å². The molecule has 5 heteroatoms. The molecule has 0 fully saturated rings. The van der Waals surface area contributed by atoms with Gasteiger partial charge in [-0.2, -0.15) is 0 Å². The van der Waals surface area contributed by atoms with E-state index in [9.17, 15) is 4.79 Å².